The average molecular weight is 443 g/mol. The van der Waals surface area contributed by atoms with Crippen LogP contribution in [0.1, 0.15) is 11.1 Å². The van der Waals surface area contributed by atoms with E-state index in [9.17, 15) is 4.79 Å². The fourth-order valence-corrected chi connectivity index (χ4v) is 4.09. The number of anilines is 2. The number of hydrogen-bond acceptors (Lipinski definition) is 6. The lowest BCUT2D eigenvalue weighted by Crippen LogP contribution is -2.47. The molecule has 0 saturated carbocycles. The van der Waals surface area contributed by atoms with E-state index < -0.39 is 0 Å². The Bertz CT molecular complexity index is 1110. The number of rotatable bonds is 7. The number of benzene rings is 1. The van der Waals surface area contributed by atoms with Crippen LogP contribution in [-0.2, 0) is 11.3 Å². The third kappa shape index (κ3) is 5.21. The number of carbonyl (C=O) groups excluding carboxylic acids is 1. The highest BCUT2D eigenvalue weighted by molar-refractivity contribution is 5.77. The summed E-state index contributed by atoms with van der Waals surface area (Å²) in [5.41, 5.74) is 9.72. The molecule has 0 unspecified atom stereocenters. The molecule has 7 heteroatoms. The summed E-state index contributed by atoms with van der Waals surface area (Å²) in [5, 5.41) is 0. The number of hydrogen-bond donors (Lipinski definition) is 1. The zero-order chi connectivity index (χ0) is 23.2. The monoisotopic (exact) mass is 442 g/mol. The minimum Gasteiger partial charge on any atom is -0.353 e. The molecule has 0 spiro atoms. The molecule has 2 aromatic heterocycles. The van der Waals surface area contributed by atoms with Crippen molar-refractivity contribution in [1.82, 2.24) is 14.9 Å². The van der Waals surface area contributed by atoms with Gasteiger partial charge in [0.15, 0.2) is 0 Å². The highest BCUT2D eigenvalue weighted by Gasteiger charge is 2.20. The lowest BCUT2D eigenvalue weighted by atomic mass is 10.0. The van der Waals surface area contributed by atoms with E-state index in [1.165, 1.54) is 0 Å². The number of amides is 1. The number of piperazine rings is 1. The summed E-state index contributed by atoms with van der Waals surface area (Å²) >= 11 is 0. The van der Waals surface area contributed by atoms with Gasteiger partial charge in [-0.1, -0.05) is 30.9 Å². The third-order valence-corrected chi connectivity index (χ3v) is 5.97. The Morgan fingerprint density at radius 3 is 2.55 bits per heavy atom. The van der Waals surface area contributed by atoms with Crippen molar-refractivity contribution >= 4 is 23.6 Å². The quantitative estimate of drug-likeness (QED) is 0.606. The Balaban J connectivity index is 1.41. The van der Waals surface area contributed by atoms with E-state index in [0.29, 0.717) is 6.54 Å². The molecule has 3 heterocycles. The minimum absolute atomic E-state index is 0.0209. The lowest BCUT2D eigenvalue weighted by molar-refractivity contribution is -0.128. The SMILES string of the molecule is C=Cc1cccnc1N1CCN(c2ccc(-c3cccc(CN(C)C(=O)CN)c3)cn2)CC1. The van der Waals surface area contributed by atoms with Crippen LogP contribution in [0.5, 0.6) is 0 Å². The van der Waals surface area contributed by atoms with Gasteiger partial charge < -0.3 is 20.4 Å². The van der Waals surface area contributed by atoms with Crippen LogP contribution in [0, 0.1) is 0 Å². The largest absolute Gasteiger partial charge is 0.353 e. The summed E-state index contributed by atoms with van der Waals surface area (Å²) in [6.07, 6.45) is 5.61. The number of carbonyl (C=O) groups is 1. The highest BCUT2D eigenvalue weighted by Crippen LogP contribution is 2.25. The molecule has 1 amide bonds. The van der Waals surface area contributed by atoms with Gasteiger partial charge in [0, 0.05) is 63.3 Å². The summed E-state index contributed by atoms with van der Waals surface area (Å²) in [6.45, 7) is 8.00. The Morgan fingerprint density at radius 1 is 1.06 bits per heavy atom. The number of likely N-dealkylation sites (N-methyl/N-ethyl adjacent to an activating group) is 1. The van der Waals surface area contributed by atoms with Crippen LogP contribution in [0.3, 0.4) is 0 Å². The highest BCUT2D eigenvalue weighted by atomic mass is 16.2. The van der Waals surface area contributed by atoms with E-state index in [1.807, 2.05) is 42.7 Å². The first-order valence-corrected chi connectivity index (χ1v) is 11.2. The average Bonchev–Trinajstić information content (AvgIpc) is 2.88. The van der Waals surface area contributed by atoms with E-state index in [2.05, 4.69) is 45.6 Å². The van der Waals surface area contributed by atoms with Gasteiger partial charge in [-0.25, -0.2) is 9.97 Å². The molecule has 170 valence electrons. The van der Waals surface area contributed by atoms with Crippen LogP contribution in [-0.4, -0.2) is 60.5 Å². The molecule has 1 aliphatic heterocycles. The second-order valence-electron chi connectivity index (χ2n) is 8.15. The van der Waals surface area contributed by atoms with Crippen molar-refractivity contribution in [2.45, 2.75) is 6.54 Å². The van der Waals surface area contributed by atoms with Gasteiger partial charge in [0.2, 0.25) is 5.91 Å². The summed E-state index contributed by atoms with van der Waals surface area (Å²) in [4.78, 5) is 27.3. The molecule has 4 rings (SSSR count). The van der Waals surface area contributed by atoms with Gasteiger partial charge in [-0.3, -0.25) is 4.79 Å². The standard InChI is InChI=1S/C26H30N6O/c1-3-21-8-5-11-28-26(21)32-14-12-31(13-15-32)24-10-9-23(18-29-24)22-7-4-6-20(16-22)19-30(2)25(33)17-27/h3-11,16,18H,1,12-15,17,19,27H2,2H3. The van der Waals surface area contributed by atoms with Crippen LogP contribution < -0.4 is 15.5 Å². The maximum atomic E-state index is 11.8. The Kier molecular flexibility index (Phi) is 7.00. The van der Waals surface area contributed by atoms with Crippen molar-refractivity contribution in [3.8, 4) is 11.1 Å². The second-order valence-corrected chi connectivity index (χ2v) is 8.15. The molecular formula is C26H30N6O. The van der Waals surface area contributed by atoms with Crippen LogP contribution >= 0.6 is 0 Å². The van der Waals surface area contributed by atoms with Crippen LogP contribution in [0.2, 0.25) is 0 Å². The zero-order valence-electron chi connectivity index (χ0n) is 19.0. The molecule has 7 nitrogen and oxygen atoms in total. The molecule has 2 N–H and O–H groups in total. The van der Waals surface area contributed by atoms with Gasteiger partial charge in [-0.2, -0.15) is 0 Å². The second kappa shape index (κ2) is 10.3. The molecule has 1 fully saturated rings. The molecular weight excluding hydrogens is 412 g/mol. The third-order valence-electron chi connectivity index (χ3n) is 5.97. The van der Waals surface area contributed by atoms with Crippen LogP contribution in [0.25, 0.3) is 17.2 Å². The molecule has 0 aliphatic carbocycles. The summed E-state index contributed by atoms with van der Waals surface area (Å²) in [7, 11) is 1.77. The first-order chi connectivity index (χ1) is 16.1. The minimum atomic E-state index is -0.0738. The van der Waals surface area contributed by atoms with Crippen LogP contribution in [0.4, 0.5) is 11.6 Å². The number of pyridine rings is 2. The topological polar surface area (TPSA) is 78.6 Å². The summed E-state index contributed by atoms with van der Waals surface area (Å²) in [5.74, 6) is 1.90. The van der Waals surface area contributed by atoms with Crippen LogP contribution in [0.15, 0.2) is 67.5 Å². The zero-order valence-corrected chi connectivity index (χ0v) is 19.0. The molecule has 0 atom stereocenters. The maximum Gasteiger partial charge on any atom is 0.236 e. The Morgan fingerprint density at radius 2 is 1.85 bits per heavy atom. The van der Waals surface area contributed by atoms with Gasteiger partial charge in [-0.15, -0.1) is 0 Å². The van der Waals surface area contributed by atoms with Gasteiger partial charge in [0.1, 0.15) is 11.6 Å². The predicted molar refractivity (Wildman–Crippen MR) is 134 cm³/mol. The van der Waals surface area contributed by atoms with Crippen molar-refractivity contribution in [3.63, 3.8) is 0 Å². The number of aromatic nitrogens is 2. The van der Waals surface area contributed by atoms with E-state index in [-0.39, 0.29) is 12.5 Å². The lowest BCUT2D eigenvalue weighted by Gasteiger charge is -2.36. The first kappa shape index (κ1) is 22.5. The van der Waals surface area contributed by atoms with Crippen molar-refractivity contribution in [3.05, 3.63) is 78.6 Å². The van der Waals surface area contributed by atoms with Crippen molar-refractivity contribution in [1.29, 1.82) is 0 Å². The van der Waals surface area contributed by atoms with Gasteiger partial charge in [0.25, 0.3) is 0 Å². The van der Waals surface area contributed by atoms with E-state index in [0.717, 1.165) is 60.1 Å². The first-order valence-electron chi connectivity index (χ1n) is 11.2. The molecule has 0 radical (unpaired) electrons. The number of nitrogens with zero attached hydrogens (tertiary/aromatic N) is 5. The Labute approximate surface area is 195 Å². The van der Waals surface area contributed by atoms with E-state index in [4.69, 9.17) is 10.7 Å². The fourth-order valence-electron chi connectivity index (χ4n) is 4.09. The maximum absolute atomic E-state index is 11.8. The molecule has 1 aromatic carbocycles. The smallest absolute Gasteiger partial charge is 0.236 e. The van der Waals surface area contributed by atoms with E-state index >= 15 is 0 Å². The van der Waals surface area contributed by atoms with E-state index in [1.54, 1.807) is 11.9 Å². The van der Waals surface area contributed by atoms with Gasteiger partial charge in [-0.05, 0) is 41.5 Å². The summed E-state index contributed by atoms with van der Waals surface area (Å²) in [6, 6.07) is 16.4. The Hall–Kier alpha value is -3.71. The molecule has 33 heavy (non-hydrogen) atoms. The molecule has 3 aromatic rings. The molecule has 1 aliphatic rings. The van der Waals surface area contributed by atoms with Crippen molar-refractivity contribution < 1.29 is 4.79 Å². The van der Waals surface area contributed by atoms with Gasteiger partial charge >= 0.3 is 0 Å². The number of nitrogens with two attached hydrogens (primary N) is 1. The van der Waals surface area contributed by atoms with Crippen molar-refractivity contribution in [2.24, 2.45) is 5.73 Å². The predicted octanol–water partition coefficient (Wildman–Crippen LogP) is 3.03. The van der Waals surface area contributed by atoms with Gasteiger partial charge in [0.05, 0.1) is 6.54 Å². The molecule has 1 saturated heterocycles. The van der Waals surface area contributed by atoms with Crippen molar-refractivity contribution in [2.75, 3.05) is 49.6 Å². The normalized spacial score (nSPS) is 13.6. The summed E-state index contributed by atoms with van der Waals surface area (Å²) < 4.78 is 0. The fraction of sp³-hybridized carbons (Fsp3) is 0.269. The molecule has 0 bridgehead atoms.